The molecule has 2 aliphatic heterocycles. The van der Waals surface area contributed by atoms with Crippen LogP contribution in [0.25, 0.3) is 28.0 Å². The highest BCUT2D eigenvalue weighted by atomic mass is 19.1. The number of pyridine rings is 1. The lowest BCUT2D eigenvalue weighted by Gasteiger charge is -2.21. The number of halogens is 1. The number of anilines is 1. The third kappa shape index (κ3) is 3.17. The molecular weight excluding hydrogens is 363 g/mol. The van der Waals surface area contributed by atoms with Crippen LogP contribution in [0.2, 0.25) is 0 Å². The van der Waals surface area contributed by atoms with Crippen molar-refractivity contribution in [1.29, 1.82) is 0 Å². The van der Waals surface area contributed by atoms with Crippen molar-refractivity contribution in [3.05, 3.63) is 77.2 Å². The minimum atomic E-state index is -0.532. The number of nitrogens with one attached hydrogen (secondary N) is 2. The first-order valence-electron chi connectivity index (χ1n) is 9.95. The van der Waals surface area contributed by atoms with Gasteiger partial charge in [-0.2, -0.15) is 4.39 Å². The first-order chi connectivity index (χ1) is 14.1. The minimum absolute atomic E-state index is 0.209. The van der Waals surface area contributed by atoms with Gasteiger partial charge < -0.3 is 16.4 Å². The van der Waals surface area contributed by atoms with Crippen LogP contribution in [-0.4, -0.2) is 18.1 Å². The summed E-state index contributed by atoms with van der Waals surface area (Å²) >= 11 is 0. The zero-order valence-electron chi connectivity index (χ0n) is 16.2. The van der Waals surface area contributed by atoms with E-state index < -0.39 is 5.95 Å². The second-order valence-corrected chi connectivity index (χ2v) is 7.70. The highest BCUT2D eigenvalue weighted by Gasteiger charge is 2.18. The summed E-state index contributed by atoms with van der Waals surface area (Å²) in [5.41, 5.74) is 15.0. The smallest absolute Gasteiger partial charge is 0.222 e. The molecule has 146 valence electrons. The largest absolute Gasteiger partial charge is 0.385 e. The standard InChI is InChI=1S/C24H23FN4/c1-14-20-5-4-17(11-18(20)7-9-28-14)22-12-21(23(25)29-24(22)26)16-2-3-19-13-27-8-6-15(19)10-16/h2-5,10-12,27-28H,1,6-9,13H2,(H2,26,29). The molecule has 4 nitrogen and oxygen atoms in total. The molecule has 0 aliphatic carbocycles. The number of nitrogens with zero attached hydrogens (tertiary/aromatic N) is 1. The van der Waals surface area contributed by atoms with Crippen molar-refractivity contribution in [3.63, 3.8) is 0 Å². The predicted octanol–water partition coefficient (Wildman–Crippen LogP) is 3.90. The number of nitrogens with two attached hydrogens (primary N) is 1. The molecule has 0 amide bonds. The van der Waals surface area contributed by atoms with Gasteiger partial charge in [0.2, 0.25) is 5.95 Å². The molecule has 0 spiro atoms. The van der Waals surface area contributed by atoms with Crippen LogP contribution in [0.3, 0.4) is 0 Å². The van der Waals surface area contributed by atoms with Crippen molar-refractivity contribution < 1.29 is 4.39 Å². The molecule has 0 saturated heterocycles. The Balaban J connectivity index is 1.60. The van der Waals surface area contributed by atoms with Crippen LogP contribution in [0, 0.1) is 5.95 Å². The van der Waals surface area contributed by atoms with E-state index in [9.17, 15) is 4.39 Å². The quantitative estimate of drug-likeness (QED) is 0.585. The van der Waals surface area contributed by atoms with Gasteiger partial charge in [-0.25, -0.2) is 4.98 Å². The molecule has 29 heavy (non-hydrogen) atoms. The molecule has 3 aromatic rings. The van der Waals surface area contributed by atoms with Crippen LogP contribution in [0.1, 0.15) is 22.3 Å². The molecule has 0 unspecified atom stereocenters. The molecule has 4 N–H and O–H groups in total. The molecule has 0 radical (unpaired) electrons. The summed E-state index contributed by atoms with van der Waals surface area (Å²) in [5, 5.41) is 6.65. The molecule has 0 bridgehead atoms. The van der Waals surface area contributed by atoms with Gasteiger partial charge in [-0.15, -0.1) is 0 Å². The van der Waals surface area contributed by atoms with E-state index in [2.05, 4.69) is 40.4 Å². The Bertz CT molecular complexity index is 1140. The van der Waals surface area contributed by atoms with E-state index in [1.807, 2.05) is 24.3 Å². The third-order valence-corrected chi connectivity index (χ3v) is 5.88. The zero-order valence-corrected chi connectivity index (χ0v) is 16.2. The Kier molecular flexibility index (Phi) is 4.32. The van der Waals surface area contributed by atoms with Gasteiger partial charge in [-0.05, 0) is 53.3 Å². The topological polar surface area (TPSA) is 63.0 Å². The number of fused-ring (bicyclic) bond motifs is 2. The Morgan fingerprint density at radius 3 is 2.52 bits per heavy atom. The molecule has 1 aromatic heterocycles. The van der Waals surface area contributed by atoms with E-state index >= 15 is 0 Å². The van der Waals surface area contributed by atoms with Crippen molar-refractivity contribution >= 4 is 11.5 Å². The number of aromatic nitrogens is 1. The number of benzene rings is 2. The summed E-state index contributed by atoms with van der Waals surface area (Å²) in [6, 6.07) is 14.1. The Morgan fingerprint density at radius 1 is 0.862 bits per heavy atom. The number of hydrogen-bond acceptors (Lipinski definition) is 4. The monoisotopic (exact) mass is 386 g/mol. The average molecular weight is 386 g/mol. The van der Waals surface area contributed by atoms with Crippen LogP contribution in [0.15, 0.2) is 49.0 Å². The van der Waals surface area contributed by atoms with Crippen LogP contribution < -0.4 is 16.4 Å². The molecule has 0 saturated carbocycles. The average Bonchev–Trinajstić information content (AvgIpc) is 2.73. The lowest BCUT2D eigenvalue weighted by atomic mass is 9.92. The van der Waals surface area contributed by atoms with Gasteiger partial charge in [0.1, 0.15) is 5.82 Å². The maximum Gasteiger partial charge on any atom is 0.222 e. The van der Waals surface area contributed by atoms with Crippen molar-refractivity contribution in [2.45, 2.75) is 19.4 Å². The normalized spacial score (nSPS) is 15.4. The van der Waals surface area contributed by atoms with Crippen molar-refractivity contribution in [1.82, 2.24) is 15.6 Å². The molecule has 2 aliphatic rings. The SMILES string of the molecule is C=C1NCCc2cc(-c3cc(-c4ccc5c(c4)CCNC5)c(F)nc3N)ccc21. The molecular formula is C24H23FN4. The summed E-state index contributed by atoms with van der Waals surface area (Å²) in [4.78, 5) is 4.03. The first kappa shape index (κ1) is 17.9. The zero-order chi connectivity index (χ0) is 20.0. The van der Waals surface area contributed by atoms with E-state index in [0.29, 0.717) is 5.56 Å². The van der Waals surface area contributed by atoms with E-state index in [1.165, 1.54) is 16.7 Å². The molecule has 2 aromatic carbocycles. The summed E-state index contributed by atoms with van der Waals surface area (Å²) in [6.07, 6.45) is 1.87. The summed E-state index contributed by atoms with van der Waals surface area (Å²) in [7, 11) is 0. The van der Waals surface area contributed by atoms with Gasteiger partial charge in [0, 0.05) is 35.5 Å². The van der Waals surface area contributed by atoms with Gasteiger partial charge in [-0.3, -0.25) is 0 Å². The third-order valence-electron chi connectivity index (χ3n) is 5.88. The fourth-order valence-corrected chi connectivity index (χ4v) is 4.29. The Morgan fingerprint density at radius 2 is 1.62 bits per heavy atom. The van der Waals surface area contributed by atoms with Crippen LogP contribution in [0.5, 0.6) is 0 Å². The lowest BCUT2D eigenvalue weighted by molar-refractivity contribution is 0.590. The van der Waals surface area contributed by atoms with Crippen molar-refractivity contribution in [3.8, 4) is 22.3 Å². The van der Waals surface area contributed by atoms with Crippen LogP contribution in [-0.2, 0) is 19.4 Å². The maximum absolute atomic E-state index is 14.8. The number of hydrogen-bond donors (Lipinski definition) is 3. The van der Waals surface area contributed by atoms with Crippen LogP contribution >= 0.6 is 0 Å². The molecule has 5 heteroatoms. The summed E-state index contributed by atoms with van der Waals surface area (Å²) < 4.78 is 14.8. The fourth-order valence-electron chi connectivity index (χ4n) is 4.29. The lowest BCUT2D eigenvalue weighted by Crippen LogP contribution is -2.23. The molecule has 0 fully saturated rings. The van der Waals surface area contributed by atoms with Crippen molar-refractivity contribution in [2.24, 2.45) is 0 Å². The molecule has 5 rings (SSSR count). The van der Waals surface area contributed by atoms with E-state index in [4.69, 9.17) is 5.73 Å². The van der Waals surface area contributed by atoms with Gasteiger partial charge in [-0.1, -0.05) is 43.0 Å². The Labute approximate surface area is 169 Å². The summed E-state index contributed by atoms with van der Waals surface area (Å²) in [5.74, 6) is -0.322. The second-order valence-electron chi connectivity index (χ2n) is 7.70. The number of nitrogen functional groups attached to an aromatic ring is 1. The van der Waals surface area contributed by atoms with E-state index in [0.717, 1.165) is 60.4 Å². The second kappa shape index (κ2) is 7.01. The fraction of sp³-hybridized carbons (Fsp3) is 0.208. The highest BCUT2D eigenvalue weighted by molar-refractivity contribution is 5.81. The first-order valence-corrected chi connectivity index (χ1v) is 9.95. The molecule has 3 heterocycles. The minimum Gasteiger partial charge on any atom is -0.385 e. The predicted molar refractivity (Wildman–Crippen MR) is 116 cm³/mol. The molecule has 0 atom stereocenters. The van der Waals surface area contributed by atoms with Gasteiger partial charge in [0.25, 0.3) is 0 Å². The van der Waals surface area contributed by atoms with Gasteiger partial charge >= 0.3 is 0 Å². The van der Waals surface area contributed by atoms with Crippen LogP contribution in [0.4, 0.5) is 10.2 Å². The van der Waals surface area contributed by atoms with Gasteiger partial charge in [0.15, 0.2) is 0 Å². The van der Waals surface area contributed by atoms with Gasteiger partial charge in [0.05, 0.1) is 0 Å². The van der Waals surface area contributed by atoms with E-state index in [-0.39, 0.29) is 5.82 Å². The Hall–Kier alpha value is -3.18. The maximum atomic E-state index is 14.8. The number of rotatable bonds is 2. The van der Waals surface area contributed by atoms with Crippen molar-refractivity contribution in [2.75, 3.05) is 18.8 Å². The van der Waals surface area contributed by atoms with E-state index in [1.54, 1.807) is 0 Å². The highest BCUT2D eigenvalue weighted by Crippen LogP contribution is 2.34. The summed E-state index contributed by atoms with van der Waals surface area (Å²) in [6.45, 7) is 6.74.